The van der Waals surface area contributed by atoms with Gasteiger partial charge in [0.05, 0.1) is 0 Å². The first-order valence-electron chi connectivity index (χ1n) is 3.77. The van der Waals surface area contributed by atoms with Crippen LogP contribution in [-0.2, 0) is 29.0 Å². The van der Waals surface area contributed by atoms with Crippen LogP contribution < -0.4 is 0 Å². The lowest BCUT2D eigenvalue weighted by Crippen LogP contribution is -2.28. The number of Topliss-reactive ketones (excluding diaryl/α,β-unsaturated/α-hetero) is 1. The number of carbonyl (C=O) groups excluding carboxylic acids is 4. The number of ketones is 2. The monoisotopic (exact) mass is 216 g/mol. The second-order valence-electron chi connectivity index (χ2n) is 2.67. The van der Waals surface area contributed by atoms with Crippen LogP contribution in [0.1, 0.15) is 6.92 Å². The van der Waals surface area contributed by atoms with Crippen LogP contribution in [0, 0.1) is 5.92 Å². The van der Waals surface area contributed by atoms with Gasteiger partial charge in [0.2, 0.25) is 5.78 Å². The summed E-state index contributed by atoms with van der Waals surface area (Å²) in [4.78, 5) is 50.7. The van der Waals surface area contributed by atoms with E-state index in [1.165, 1.54) is 0 Å². The van der Waals surface area contributed by atoms with Gasteiger partial charge in [-0.25, -0.2) is 23.8 Å². The van der Waals surface area contributed by atoms with Crippen molar-refractivity contribution >= 4 is 23.5 Å². The SMILES string of the molecule is CC(=O)OOC(=O)C1C(=O)C=C(F)C1=O. The third kappa shape index (κ3) is 2.25. The molecule has 7 heteroatoms. The molecule has 0 spiro atoms. The predicted octanol–water partition coefficient (Wildman–Crippen LogP) is -0.371. The maximum atomic E-state index is 12.6. The molecule has 0 aliphatic heterocycles. The van der Waals surface area contributed by atoms with Gasteiger partial charge < -0.3 is 0 Å². The quantitative estimate of drug-likeness (QED) is 0.337. The summed E-state index contributed by atoms with van der Waals surface area (Å²) in [5, 5.41) is 0. The molecule has 1 rings (SSSR count). The van der Waals surface area contributed by atoms with Crippen LogP contribution in [0.5, 0.6) is 0 Å². The largest absolute Gasteiger partial charge is 0.374 e. The van der Waals surface area contributed by atoms with Crippen molar-refractivity contribution in [3.63, 3.8) is 0 Å². The first-order chi connectivity index (χ1) is 6.93. The van der Waals surface area contributed by atoms with Crippen LogP contribution in [-0.4, -0.2) is 23.5 Å². The smallest absolute Gasteiger partial charge is 0.293 e. The number of halogens is 1. The van der Waals surface area contributed by atoms with Gasteiger partial charge in [-0.2, -0.15) is 0 Å². The van der Waals surface area contributed by atoms with E-state index < -0.39 is 35.2 Å². The van der Waals surface area contributed by atoms with Crippen LogP contribution in [0.15, 0.2) is 11.9 Å². The average molecular weight is 216 g/mol. The Morgan fingerprint density at radius 2 is 1.93 bits per heavy atom. The Hall–Kier alpha value is -2.05. The van der Waals surface area contributed by atoms with E-state index in [0.717, 1.165) is 6.92 Å². The van der Waals surface area contributed by atoms with E-state index in [0.29, 0.717) is 6.08 Å². The number of rotatable bonds is 1. The highest BCUT2D eigenvalue weighted by atomic mass is 19.1. The number of hydrogen-bond acceptors (Lipinski definition) is 6. The van der Waals surface area contributed by atoms with Crippen LogP contribution in [0.2, 0.25) is 0 Å². The van der Waals surface area contributed by atoms with Gasteiger partial charge in [0.1, 0.15) is 0 Å². The molecule has 15 heavy (non-hydrogen) atoms. The minimum Gasteiger partial charge on any atom is -0.293 e. The van der Waals surface area contributed by atoms with Crippen molar-refractivity contribution in [3.8, 4) is 0 Å². The average Bonchev–Trinajstić information content (AvgIpc) is 2.37. The van der Waals surface area contributed by atoms with Gasteiger partial charge in [0, 0.05) is 13.0 Å². The molecule has 80 valence electrons. The van der Waals surface area contributed by atoms with Crippen molar-refractivity contribution in [2.24, 2.45) is 5.92 Å². The molecular weight excluding hydrogens is 211 g/mol. The van der Waals surface area contributed by atoms with Crippen LogP contribution >= 0.6 is 0 Å². The van der Waals surface area contributed by atoms with Crippen molar-refractivity contribution in [1.82, 2.24) is 0 Å². The first-order valence-corrected chi connectivity index (χ1v) is 3.77. The Morgan fingerprint density at radius 1 is 1.33 bits per heavy atom. The molecule has 0 aromatic heterocycles. The molecule has 1 aliphatic rings. The zero-order chi connectivity index (χ0) is 11.6. The lowest BCUT2D eigenvalue weighted by atomic mass is 10.1. The van der Waals surface area contributed by atoms with Gasteiger partial charge in [0.15, 0.2) is 17.5 Å². The summed E-state index contributed by atoms with van der Waals surface area (Å²) < 4.78 is 12.6. The second kappa shape index (κ2) is 3.99. The van der Waals surface area contributed by atoms with E-state index in [4.69, 9.17) is 0 Å². The number of carbonyl (C=O) groups is 4. The van der Waals surface area contributed by atoms with Crippen molar-refractivity contribution in [2.75, 3.05) is 0 Å². The topological polar surface area (TPSA) is 86.7 Å². The third-order valence-corrected chi connectivity index (χ3v) is 1.53. The Kier molecular flexibility index (Phi) is 2.93. The molecule has 0 amide bonds. The summed E-state index contributed by atoms with van der Waals surface area (Å²) in [6, 6.07) is 0. The first kappa shape index (κ1) is 11.0. The Labute approximate surface area is 82.6 Å². The Morgan fingerprint density at radius 3 is 2.33 bits per heavy atom. The van der Waals surface area contributed by atoms with Crippen molar-refractivity contribution < 1.29 is 33.3 Å². The highest BCUT2D eigenvalue weighted by Crippen LogP contribution is 2.20. The lowest BCUT2D eigenvalue weighted by molar-refractivity contribution is -0.259. The molecule has 0 radical (unpaired) electrons. The molecule has 1 unspecified atom stereocenters. The zero-order valence-electron chi connectivity index (χ0n) is 7.48. The zero-order valence-corrected chi connectivity index (χ0v) is 7.48. The molecule has 0 aromatic carbocycles. The maximum absolute atomic E-state index is 12.6. The van der Waals surface area contributed by atoms with Crippen molar-refractivity contribution in [1.29, 1.82) is 0 Å². The predicted molar refractivity (Wildman–Crippen MR) is 40.6 cm³/mol. The molecule has 6 nitrogen and oxygen atoms in total. The molecule has 0 saturated heterocycles. The molecule has 0 saturated carbocycles. The molecular formula is C8H5FO6. The van der Waals surface area contributed by atoms with E-state index in [1.54, 1.807) is 0 Å². The van der Waals surface area contributed by atoms with Crippen molar-refractivity contribution in [2.45, 2.75) is 6.92 Å². The molecule has 1 atom stereocenters. The Bertz CT molecular complexity index is 383. The molecule has 0 N–H and O–H groups in total. The van der Waals surface area contributed by atoms with E-state index in [-0.39, 0.29) is 0 Å². The van der Waals surface area contributed by atoms with E-state index in [9.17, 15) is 23.6 Å². The summed E-state index contributed by atoms with van der Waals surface area (Å²) in [5.41, 5.74) is 0. The van der Waals surface area contributed by atoms with Gasteiger partial charge in [-0.1, -0.05) is 0 Å². The van der Waals surface area contributed by atoms with Gasteiger partial charge >= 0.3 is 11.9 Å². The molecule has 0 heterocycles. The standard InChI is InChI=1S/C8H5FO6/c1-3(10)14-15-8(13)6-5(11)2-4(9)7(6)12/h2,6H,1H3. The van der Waals surface area contributed by atoms with E-state index >= 15 is 0 Å². The summed E-state index contributed by atoms with van der Waals surface area (Å²) in [5.74, 6) is -7.89. The second-order valence-corrected chi connectivity index (χ2v) is 2.67. The van der Waals surface area contributed by atoms with Gasteiger partial charge in [-0.05, 0) is 0 Å². The minimum atomic E-state index is -1.90. The van der Waals surface area contributed by atoms with Crippen molar-refractivity contribution in [3.05, 3.63) is 11.9 Å². The summed E-state index contributed by atoms with van der Waals surface area (Å²) in [6.07, 6.45) is 0.391. The highest BCUT2D eigenvalue weighted by Gasteiger charge is 2.43. The third-order valence-electron chi connectivity index (χ3n) is 1.53. The summed E-state index contributed by atoms with van der Waals surface area (Å²) >= 11 is 0. The summed E-state index contributed by atoms with van der Waals surface area (Å²) in [6.45, 7) is 0.949. The Balaban J connectivity index is 2.66. The lowest BCUT2D eigenvalue weighted by Gasteiger charge is -2.04. The fraction of sp³-hybridized carbons (Fsp3) is 0.250. The molecule has 0 bridgehead atoms. The van der Waals surface area contributed by atoms with E-state index in [2.05, 4.69) is 9.78 Å². The van der Waals surface area contributed by atoms with Crippen LogP contribution in [0.25, 0.3) is 0 Å². The molecule has 0 aromatic rings. The fourth-order valence-corrected chi connectivity index (χ4v) is 0.918. The van der Waals surface area contributed by atoms with Gasteiger partial charge in [-0.15, -0.1) is 0 Å². The van der Waals surface area contributed by atoms with Crippen LogP contribution in [0.4, 0.5) is 4.39 Å². The number of hydrogen-bond donors (Lipinski definition) is 0. The highest BCUT2D eigenvalue weighted by molar-refractivity contribution is 6.30. The molecule has 1 aliphatic carbocycles. The normalized spacial score (nSPS) is 19.9. The van der Waals surface area contributed by atoms with Crippen LogP contribution in [0.3, 0.4) is 0 Å². The van der Waals surface area contributed by atoms with E-state index in [1.807, 2.05) is 0 Å². The molecule has 0 fully saturated rings. The summed E-state index contributed by atoms with van der Waals surface area (Å²) in [7, 11) is 0. The maximum Gasteiger partial charge on any atom is 0.374 e. The number of allylic oxidation sites excluding steroid dienone is 2. The minimum absolute atomic E-state index is 0.391. The fourth-order valence-electron chi connectivity index (χ4n) is 0.918. The van der Waals surface area contributed by atoms with Gasteiger partial charge in [-0.3, -0.25) is 9.59 Å². The van der Waals surface area contributed by atoms with Gasteiger partial charge in [0.25, 0.3) is 0 Å².